The maximum Gasteiger partial charge on any atom is 0.343 e. The van der Waals surface area contributed by atoms with E-state index in [0.717, 1.165) is 6.42 Å². The van der Waals surface area contributed by atoms with E-state index >= 15 is 0 Å². The van der Waals surface area contributed by atoms with Crippen molar-refractivity contribution in [2.24, 2.45) is 0 Å². The number of aromatic nitrogens is 3. The molecule has 1 aliphatic heterocycles. The van der Waals surface area contributed by atoms with Crippen LogP contribution in [-0.2, 0) is 16.1 Å². The van der Waals surface area contributed by atoms with E-state index in [-0.39, 0.29) is 17.5 Å². The third kappa shape index (κ3) is 3.39. The number of H-pyrrole nitrogens is 1. The van der Waals surface area contributed by atoms with Crippen molar-refractivity contribution in [2.75, 3.05) is 10.2 Å². The number of anilines is 2. The van der Waals surface area contributed by atoms with Gasteiger partial charge in [-0.2, -0.15) is 0 Å². The van der Waals surface area contributed by atoms with Crippen LogP contribution in [0.5, 0.6) is 0 Å². The number of carbonyl (C=O) groups is 2. The first kappa shape index (κ1) is 19.2. The molecule has 0 fully saturated rings. The molecule has 2 aromatic rings. The summed E-state index contributed by atoms with van der Waals surface area (Å²) in [5.74, 6) is -0.458. The molecule has 2 heterocycles. The maximum atomic E-state index is 13.3. The fourth-order valence-corrected chi connectivity index (χ4v) is 3.97. The molecule has 1 aliphatic rings. The monoisotopic (exact) mass is 389 g/mol. The fraction of sp³-hybridized carbons (Fsp3) is 0.444. The molecule has 3 rings (SSSR count). The second-order valence-corrected chi connectivity index (χ2v) is 8.23. The number of amides is 2. The molecular weight excluding hydrogens is 366 g/mol. The number of nitrogens with zero attached hydrogens (tertiary/aromatic N) is 3. The van der Waals surface area contributed by atoms with Gasteiger partial charge in [-0.05, 0) is 39.3 Å². The number of hydrogen-bond donors (Lipinski definition) is 2. The number of aromatic amines is 1. The molecule has 2 amide bonds. The zero-order chi connectivity index (χ0) is 19.8. The van der Waals surface area contributed by atoms with Gasteiger partial charge in [0.1, 0.15) is 5.54 Å². The van der Waals surface area contributed by atoms with Crippen molar-refractivity contribution in [1.82, 2.24) is 14.8 Å². The van der Waals surface area contributed by atoms with E-state index in [4.69, 9.17) is 0 Å². The van der Waals surface area contributed by atoms with Gasteiger partial charge < -0.3 is 5.32 Å². The third-order valence-corrected chi connectivity index (χ3v) is 5.61. The molecule has 0 unspecified atom stereocenters. The van der Waals surface area contributed by atoms with Crippen molar-refractivity contribution >= 4 is 35.0 Å². The van der Waals surface area contributed by atoms with Crippen LogP contribution >= 0.6 is 11.8 Å². The zero-order valence-electron chi connectivity index (χ0n) is 15.8. The summed E-state index contributed by atoms with van der Waals surface area (Å²) in [4.78, 5) is 39.3. The van der Waals surface area contributed by atoms with E-state index < -0.39 is 10.8 Å². The SMILES string of the molecule is CCCn1c(S[C@@H](C)C(=O)N2c3ccccc3NC(=O)C2(C)C)n[nH]c1=O. The highest BCUT2D eigenvalue weighted by atomic mass is 32.2. The van der Waals surface area contributed by atoms with E-state index in [9.17, 15) is 14.4 Å². The molecule has 1 aromatic carbocycles. The van der Waals surface area contributed by atoms with Crippen LogP contribution in [-0.4, -0.2) is 37.4 Å². The zero-order valence-corrected chi connectivity index (χ0v) is 16.6. The van der Waals surface area contributed by atoms with Gasteiger partial charge in [0.25, 0.3) is 0 Å². The molecule has 0 radical (unpaired) electrons. The Hall–Kier alpha value is -2.55. The Labute approximate surface area is 161 Å². The lowest BCUT2D eigenvalue weighted by Gasteiger charge is -2.43. The molecule has 8 nitrogen and oxygen atoms in total. The van der Waals surface area contributed by atoms with Gasteiger partial charge in [0, 0.05) is 6.54 Å². The highest BCUT2D eigenvalue weighted by Gasteiger charge is 2.44. The van der Waals surface area contributed by atoms with Gasteiger partial charge in [0.05, 0.1) is 16.6 Å². The van der Waals surface area contributed by atoms with Gasteiger partial charge in [0.2, 0.25) is 11.8 Å². The number of nitrogens with one attached hydrogen (secondary N) is 2. The Bertz CT molecular complexity index is 933. The number of hydrogen-bond acceptors (Lipinski definition) is 5. The standard InChI is InChI=1S/C18H23N5O3S/c1-5-10-22-16(26)20-21-17(22)27-11(2)14(24)23-13-9-7-6-8-12(13)19-15(25)18(23,3)4/h6-9,11H,5,10H2,1-4H3,(H,19,25)(H,20,26)/t11-/m0/s1. The van der Waals surface area contributed by atoms with E-state index in [0.29, 0.717) is 23.1 Å². The third-order valence-electron chi connectivity index (χ3n) is 4.53. The molecule has 27 heavy (non-hydrogen) atoms. The van der Waals surface area contributed by atoms with Crippen LogP contribution in [0.2, 0.25) is 0 Å². The number of rotatable bonds is 5. The van der Waals surface area contributed by atoms with E-state index in [1.807, 2.05) is 25.1 Å². The van der Waals surface area contributed by atoms with Gasteiger partial charge in [-0.1, -0.05) is 30.8 Å². The van der Waals surface area contributed by atoms with E-state index in [1.165, 1.54) is 21.2 Å². The maximum absolute atomic E-state index is 13.3. The van der Waals surface area contributed by atoms with Gasteiger partial charge >= 0.3 is 5.69 Å². The molecule has 0 bridgehead atoms. The predicted octanol–water partition coefficient (Wildman–Crippen LogP) is 2.23. The molecule has 0 aliphatic carbocycles. The van der Waals surface area contributed by atoms with Crippen molar-refractivity contribution in [1.29, 1.82) is 0 Å². The van der Waals surface area contributed by atoms with Crippen LogP contribution in [0.1, 0.15) is 34.1 Å². The number of fused-ring (bicyclic) bond motifs is 1. The molecule has 2 N–H and O–H groups in total. The Morgan fingerprint density at radius 2 is 2.00 bits per heavy atom. The Morgan fingerprint density at radius 3 is 2.70 bits per heavy atom. The molecule has 9 heteroatoms. The summed E-state index contributed by atoms with van der Waals surface area (Å²) in [6.45, 7) is 7.69. The van der Waals surface area contributed by atoms with Crippen molar-refractivity contribution < 1.29 is 9.59 Å². The van der Waals surface area contributed by atoms with Crippen molar-refractivity contribution in [3.63, 3.8) is 0 Å². The summed E-state index contributed by atoms with van der Waals surface area (Å²) in [5.41, 5.74) is -0.0564. The van der Waals surface area contributed by atoms with Crippen LogP contribution in [0, 0.1) is 0 Å². The molecular formula is C18H23N5O3S. The summed E-state index contributed by atoms with van der Waals surface area (Å²) in [7, 11) is 0. The van der Waals surface area contributed by atoms with E-state index in [2.05, 4.69) is 15.5 Å². The number of para-hydroxylation sites is 2. The van der Waals surface area contributed by atoms with Crippen LogP contribution in [0.4, 0.5) is 11.4 Å². The van der Waals surface area contributed by atoms with Crippen molar-refractivity contribution in [2.45, 2.75) is 56.6 Å². The second kappa shape index (κ2) is 7.22. The molecule has 0 saturated heterocycles. The van der Waals surface area contributed by atoms with Crippen molar-refractivity contribution in [3.8, 4) is 0 Å². The van der Waals surface area contributed by atoms with Gasteiger partial charge in [-0.3, -0.25) is 19.1 Å². The van der Waals surface area contributed by atoms with Gasteiger partial charge in [-0.25, -0.2) is 9.89 Å². The largest absolute Gasteiger partial charge is 0.343 e. The molecule has 0 spiro atoms. The molecule has 0 saturated carbocycles. The fourth-order valence-electron chi connectivity index (χ4n) is 3.05. The molecule has 144 valence electrons. The van der Waals surface area contributed by atoms with Crippen LogP contribution in [0.15, 0.2) is 34.2 Å². The molecule has 1 aromatic heterocycles. The average Bonchev–Trinajstić information content (AvgIpc) is 2.96. The number of benzene rings is 1. The summed E-state index contributed by atoms with van der Waals surface area (Å²) in [6, 6.07) is 7.23. The lowest BCUT2D eigenvalue weighted by atomic mass is 9.96. The number of thioether (sulfide) groups is 1. The van der Waals surface area contributed by atoms with Crippen LogP contribution in [0.25, 0.3) is 0 Å². The smallest absolute Gasteiger partial charge is 0.322 e. The lowest BCUT2D eigenvalue weighted by molar-refractivity contribution is -0.126. The second-order valence-electron chi connectivity index (χ2n) is 6.93. The molecule has 1 atom stereocenters. The Balaban J connectivity index is 1.92. The minimum Gasteiger partial charge on any atom is -0.322 e. The Kier molecular flexibility index (Phi) is 5.14. The summed E-state index contributed by atoms with van der Waals surface area (Å²) in [6.07, 6.45) is 0.780. The van der Waals surface area contributed by atoms with E-state index in [1.54, 1.807) is 26.8 Å². The van der Waals surface area contributed by atoms with Gasteiger partial charge in [-0.15, -0.1) is 5.10 Å². The average molecular weight is 389 g/mol. The summed E-state index contributed by atoms with van der Waals surface area (Å²) < 4.78 is 1.52. The van der Waals surface area contributed by atoms with Crippen molar-refractivity contribution in [3.05, 3.63) is 34.7 Å². The highest BCUT2D eigenvalue weighted by molar-refractivity contribution is 8.00. The summed E-state index contributed by atoms with van der Waals surface area (Å²) >= 11 is 1.21. The van der Waals surface area contributed by atoms with Crippen LogP contribution in [0.3, 0.4) is 0 Å². The number of carbonyl (C=O) groups excluding carboxylic acids is 2. The Morgan fingerprint density at radius 1 is 1.30 bits per heavy atom. The van der Waals surface area contributed by atoms with Crippen LogP contribution < -0.4 is 15.9 Å². The van der Waals surface area contributed by atoms with Gasteiger partial charge in [0.15, 0.2) is 5.16 Å². The lowest BCUT2D eigenvalue weighted by Crippen LogP contribution is -2.60. The minimum absolute atomic E-state index is 0.217. The minimum atomic E-state index is -1.03. The summed E-state index contributed by atoms with van der Waals surface area (Å²) in [5, 5.41) is 9.25. The first-order valence-corrected chi connectivity index (χ1v) is 9.71. The first-order valence-electron chi connectivity index (χ1n) is 8.83. The first-order chi connectivity index (χ1) is 12.8. The normalized spacial score (nSPS) is 16.6. The highest BCUT2D eigenvalue weighted by Crippen LogP contribution is 2.38. The topological polar surface area (TPSA) is 100 Å². The quantitative estimate of drug-likeness (QED) is 0.764. The predicted molar refractivity (Wildman–Crippen MR) is 105 cm³/mol.